The minimum absolute atomic E-state index is 0.0105. The van der Waals surface area contributed by atoms with Gasteiger partial charge in [0.2, 0.25) is 0 Å². The largest absolute Gasteiger partial charge is 0.497 e. The first-order valence-electron chi connectivity index (χ1n) is 13.8. The molecule has 7 heteroatoms. The third kappa shape index (κ3) is 7.89. The molecule has 39 heavy (non-hydrogen) atoms. The van der Waals surface area contributed by atoms with Gasteiger partial charge in [-0.1, -0.05) is 69.3 Å². The van der Waals surface area contributed by atoms with Gasteiger partial charge in [-0.05, 0) is 48.3 Å². The Morgan fingerprint density at radius 3 is 2.23 bits per heavy atom. The summed E-state index contributed by atoms with van der Waals surface area (Å²) in [6.45, 7) is 17.5. The maximum atomic E-state index is 13.9. The van der Waals surface area contributed by atoms with Crippen LogP contribution < -0.4 is 4.74 Å². The van der Waals surface area contributed by atoms with Crippen LogP contribution in [0.25, 0.3) is 0 Å². The van der Waals surface area contributed by atoms with Crippen LogP contribution in [0.5, 0.6) is 5.75 Å². The Labute approximate surface area is 235 Å². The molecule has 0 unspecified atom stereocenters. The number of carbonyl (C=O) groups excluding carboxylic acids is 1. The summed E-state index contributed by atoms with van der Waals surface area (Å²) >= 11 is 0. The predicted octanol–water partition coefficient (Wildman–Crippen LogP) is 6.33. The lowest BCUT2D eigenvalue weighted by atomic mass is 9.71. The van der Waals surface area contributed by atoms with E-state index in [0.29, 0.717) is 19.6 Å². The van der Waals surface area contributed by atoms with Crippen LogP contribution in [0.2, 0.25) is 18.1 Å². The normalized spacial score (nSPS) is 23.7. The number of ketones is 1. The minimum Gasteiger partial charge on any atom is -0.497 e. The van der Waals surface area contributed by atoms with E-state index >= 15 is 0 Å². The van der Waals surface area contributed by atoms with E-state index in [0.717, 1.165) is 16.9 Å². The fourth-order valence-electron chi connectivity index (χ4n) is 4.76. The Morgan fingerprint density at radius 1 is 1.05 bits per heavy atom. The SMILES string of the molecule is C=C[C@@H]1[C@@H]([C@@H](O)[C@@H](C)OCc2ccc(OC)cc2)C(=O)[C@@H](OCc2ccccc2)C[C@H]1O[Si](C)(C)C(C)(C)C. The van der Waals surface area contributed by atoms with E-state index in [2.05, 4.69) is 40.4 Å². The second kappa shape index (κ2) is 13.4. The first-order chi connectivity index (χ1) is 18.4. The molecule has 6 nitrogen and oxygen atoms in total. The fourth-order valence-corrected chi connectivity index (χ4v) is 6.12. The molecule has 0 saturated heterocycles. The molecule has 0 radical (unpaired) electrons. The molecule has 3 rings (SSSR count). The van der Waals surface area contributed by atoms with Gasteiger partial charge in [0, 0.05) is 12.3 Å². The van der Waals surface area contributed by atoms with Crippen LogP contribution in [0.1, 0.15) is 45.2 Å². The molecule has 1 N–H and O–H groups in total. The lowest BCUT2D eigenvalue weighted by molar-refractivity contribution is -0.160. The number of methoxy groups -OCH3 is 1. The summed E-state index contributed by atoms with van der Waals surface area (Å²) in [6, 6.07) is 17.4. The summed E-state index contributed by atoms with van der Waals surface area (Å²) < 4.78 is 24.3. The van der Waals surface area contributed by atoms with E-state index in [1.807, 2.05) is 54.6 Å². The Bertz CT molecular complexity index is 1060. The topological polar surface area (TPSA) is 74.2 Å². The number of benzene rings is 2. The summed E-state index contributed by atoms with van der Waals surface area (Å²) in [6.07, 6.45) is -0.427. The smallest absolute Gasteiger partial charge is 0.192 e. The Balaban J connectivity index is 1.82. The third-order valence-corrected chi connectivity index (χ3v) is 12.8. The van der Waals surface area contributed by atoms with E-state index in [-0.39, 0.29) is 22.8 Å². The lowest BCUT2D eigenvalue weighted by Crippen LogP contribution is -2.57. The van der Waals surface area contributed by atoms with Crippen molar-refractivity contribution in [2.45, 2.75) is 89.9 Å². The number of rotatable bonds is 12. The molecular weight excluding hydrogens is 508 g/mol. The second-order valence-corrected chi connectivity index (χ2v) is 16.8. The summed E-state index contributed by atoms with van der Waals surface area (Å²) in [5.74, 6) is -0.469. The van der Waals surface area contributed by atoms with Crippen LogP contribution in [-0.4, -0.2) is 50.7 Å². The fraction of sp³-hybridized carbons (Fsp3) is 0.531. The van der Waals surface area contributed by atoms with Gasteiger partial charge in [0.05, 0.1) is 44.6 Å². The van der Waals surface area contributed by atoms with Crippen LogP contribution in [0.4, 0.5) is 0 Å². The lowest BCUT2D eigenvalue weighted by Gasteiger charge is -2.47. The predicted molar refractivity (Wildman–Crippen MR) is 157 cm³/mol. The van der Waals surface area contributed by atoms with Crippen molar-refractivity contribution in [1.29, 1.82) is 0 Å². The highest BCUT2D eigenvalue weighted by Gasteiger charge is 2.51. The number of aliphatic hydroxyl groups excluding tert-OH is 1. The van der Waals surface area contributed by atoms with Crippen molar-refractivity contribution in [2.24, 2.45) is 11.8 Å². The van der Waals surface area contributed by atoms with Gasteiger partial charge >= 0.3 is 0 Å². The standard InChI is InChI=1S/C32H46O6Si/c1-9-26-27(38-39(7,8)32(3,4)5)19-28(37-21-23-13-11-10-12-14-23)31(34)29(26)30(33)22(2)36-20-24-15-17-25(35-6)18-16-24/h9-18,22,26-30,33H,1,19-21H2,2-8H3/t22-,26+,27-,28+,29+,30+/m1/s1. The molecule has 2 aromatic carbocycles. The third-order valence-electron chi connectivity index (χ3n) is 8.28. The van der Waals surface area contributed by atoms with Crippen molar-refractivity contribution in [2.75, 3.05) is 7.11 Å². The highest BCUT2D eigenvalue weighted by molar-refractivity contribution is 6.74. The van der Waals surface area contributed by atoms with Crippen LogP contribution in [-0.2, 0) is 31.9 Å². The molecule has 0 spiro atoms. The molecule has 1 saturated carbocycles. The number of hydrogen-bond donors (Lipinski definition) is 1. The van der Waals surface area contributed by atoms with Crippen molar-refractivity contribution < 1.29 is 28.5 Å². The maximum absolute atomic E-state index is 13.9. The number of carbonyl (C=O) groups is 1. The van der Waals surface area contributed by atoms with Gasteiger partial charge in [-0.25, -0.2) is 0 Å². The van der Waals surface area contributed by atoms with Crippen LogP contribution >= 0.6 is 0 Å². The van der Waals surface area contributed by atoms with E-state index in [4.69, 9.17) is 18.6 Å². The van der Waals surface area contributed by atoms with Crippen LogP contribution in [0.15, 0.2) is 67.3 Å². The molecule has 1 fully saturated rings. The number of Topliss-reactive ketones (excluding diaryl/α,β-unsaturated/α-hetero) is 1. The van der Waals surface area contributed by atoms with Crippen molar-refractivity contribution in [3.63, 3.8) is 0 Å². The van der Waals surface area contributed by atoms with Gasteiger partial charge < -0.3 is 23.7 Å². The van der Waals surface area contributed by atoms with Crippen molar-refractivity contribution in [3.8, 4) is 5.75 Å². The maximum Gasteiger partial charge on any atom is 0.192 e. The molecule has 1 aliphatic rings. The Kier molecular flexibility index (Phi) is 10.7. The molecular formula is C32H46O6Si. The summed E-state index contributed by atoms with van der Waals surface area (Å²) in [5, 5.41) is 11.5. The number of ether oxygens (including phenoxy) is 3. The van der Waals surface area contributed by atoms with E-state index in [1.54, 1.807) is 20.1 Å². The molecule has 0 amide bonds. The van der Waals surface area contributed by atoms with Gasteiger partial charge in [0.1, 0.15) is 11.9 Å². The number of aliphatic hydroxyl groups is 1. The molecule has 214 valence electrons. The molecule has 0 aliphatic heterocycles. The van der Waals surface area contributed by atoms with Crippen LogP contribution in [0, 0.1) is 11.8 Å². The van der Waals surface area contributed by atoms with E-state index < -0.39 is 32.5 Å². The van der Waals surface area contributed by atoms with Crippen molar-refractivity contribution >= 4 is 14.1 Å². The highest BCUT2D eigenvalue weighted by Crippen LogP contribution is 2.43. The van der Waals surface area contributed by atoms with Crippen molar-refractivity contribution in [1.82, 2.24) is 0 Å². The Hall–Kier alpha value is -2.29. The van der Waals surface area contributed by atoms with Crippen molar-refractivity contribution in [3.05, 3.63) is 78.4 Å². The summed E-state index contributed by atoms with van der Waals surface area (Å²) in [7, 11) is -0.560. The molecule has 1 aliphatic carbocycles. The first-order valence-corrected chi connectivity index (χ1v) is 16.7. The quantitative estimate of drug-likeness (QED) is 0.244. The average Bonchev–Trinajstić information content (AvgIpc) is 2.91. The van der Waals surface area contributed by atoms with Crippen LogP contribution in [0.3, 0.4) is 0 Å². The molecule has 6 atom stereocenters. The summed E-state index contributed by atoms with van der Waals surface area (Å²) in [4.78, 5) is 13.9. The van der Waals surface area contributed by atoms with Gasteiger partial charge in [0.25, 0.3) is 0 Å². The van der Waals surface area contributed by atoms with Gasteiger partial charge in [-0.3, -0.25) is 4.79 Å². The van der Waals surface area contributed by atoms with Gasteiger partial charge in [-0.2, -0.15) is 0 Å². The molecule has 0 bridgehead atoms. The number of hydrogen-bond acceptors (Lipinski definition) is 6. The zero-order valence-corrected chi connectivity index (χ0v) is 25.6. The second-order valence-electron chi connectivity index (χ2n) is 12.0. The minimum atomic E-state index is -2.19. The zero-order chi connectivity index (χ0) is 28.8. The van der Waals surface area contributed by atoms with E-state index in [9.17, 15) is 9.90 Å². The monoisotopic (exact) mass is 554 g/mol. The summed E-state index contributed by atoms with van der Waals surface area (Å²) in [5.41, 5.74) is 1.94. The average molecular weight is 555 g/mol. The molecule has 2 aromatic rings. The Morgan fingerprint density at radius 2 is 1.67 bits per heavy atom. The van der Waals surface area contributed by atoms with E-state index in [1.165, 1.54) is 0 Å². The molecule has 0 heterocycles. The van der Waals surface area contributed by atoms with Gasteiger partial charge in [-0.15, -0.1) is 6.58 Å². The first kappa shape index (κ1) is 31.2. The molecule has 0 aromatic heterocycles. The van der Waals surface area contributed by atoms with Gasteiger partial charge in [0.15, 0.2) is 14.1 Å². The highest BCUT2D eigenvalue weighted by atomic mass is 28.4. The zero-order valence-electron chi connectivity index (χ0n) is 24.6.